The van der Waals surface area contributed by atoms with E-state index in [2.05, 4.69) is 15.0 Å². The fourth-order valence-electron chi connectivity index (χ4n) is 4.68. The number of amides is 1. The van der Waals surface area contributed by atoms with Gasteiger partial charge >= 0.3 is 5.97 Å². The second-order valence-electron chi connectivity index (χ2n) is 8.71. The van der Waals surface area contributed by atoms with Gasteiger partial charge in [0.05, 0.1) is 12.8 Å². The summed E-state index contributed by atoms with van der Waals surface area (Å²) in [5.41, 5.74) is 5.61. The second-order valence-corrected chi connectivity index (χ2v) is 9.15. The molecular formula is C25H30ClN5O3. The Morgan fingerprint density at radius 3 is 2.41 bits per heavy atom. The van der Waals surface area contributed by atoms with Crippen LogP contribution in [-0.4, -0.2) is 69.6 Å². The third-order valence-corrected chi connectivity index (χ3v) is 6.77. The van der Waals surface area contributed by atoms with Crippen molar-refractivity contribution in [1.29, 1.82) is 0 Å². The van der Waals surface area contributed by atoms with Crippen LogP contribution >= 0.6 is 11.6 Å². The largest absolute Gasteiger partial charge is 0.468 e. The predicted octanol–water partition coefficient (Wildman–Crippen LogP) is 3.30. The average Bonchev–Trinajstić information content (AvgIpc) is 3.20. The van der Waals surface area contributed by atoms with Gasteiger partial charge in [-0.25, -0.2) is 14.3 Å². The summed E-state index contributed by atoms with van der Waals surface area (Å²) in [5.74, 6) is -0.207. The summed E-state index contributed by atoms with van der Waals surface area (Å²) in [7, 11) is 1.39. The molecule has 3 aromatic rings. The lowest BCUT2D eigenvalue weighted by Gasteiger charge is -2.38. The molecular weight excluding hydrogens is 454 g/mol. The summed E-state index contributed by atoms with van der Waals surface area (Å²) in [6.07, 6.45) is 1.03. The number of nitrogens with zero attached hydrogens (tertiary/aromatic N) is 5. The second kappa shape index (κ2) is 10.1. The van der Waals surface area contributed by atoms with Gasteiger partial charge in [-0.05, 0) is 50.5 Å². The molecule has 3 heterocycles. The molecule has 2 aromatic heterocycles. The maximum absolute atomic E-state index is 13.0. The van der Waals surface area contributed by atoms with Crippen LogP contribution in [0.3, 0.4) is 0 Å². The number of esters is 1. The summed E-state index contributed by atoms with van der Waals surface area (Å²) in [6, 6.07) is 8.68. The molecule has 1 fully saturated rings. The van der Waals surface area contributed by atoms with Gasteiger partial charge < -0.3 is 9.64 Å². The number of methoxy groups -OCH3 is 1. The van der Waals surface area contributed by atoms with Crippen LogP contribution in [0.1, 0.15) is 40.7 Å². The number of carbonyl (C=O) groups excluding carboxylic acids is 2. The first-order valence-corrected chi connectivity index (χ1v) is 11.8. The van der Waals surface area contributed by atoms with E-state index in [9.17, 15) is 9.59 Å². The lowest BCUT2D eigenvalue weighted by atomic mass is 10.0. The molecule has 1 atom stereocenters. The molecule has 1 amide bonds. The van der Waals surface area contributed by atoms with Crippen LogP contribution in [0.15, 0.2) is 30.3 Å². The van der Waals surface area contributed by atoms with Crippen LogP contribution in [-0.2, 0) is 20.7 Å². The van der Waals surface area contributed by atoms with E-state index in [1.54, 1.807) is 12.1 Å². The summed E-state index contributed by atoms with van der Waals surface area (Å²) < 4.78 is 6.91. The maximum Gasteiger partial charge on any atom is 0.327 e. The molecule has 180 valence electrons. The van der Waals surface area contributed by atoms with Crippen LogP contribution < -0.4 is 0 Å². The zero-order valence-corrected chi connectivity index (χ0v) is 20.8. The quantitative estimate of drug-likeness (QED) is 0.500. The fraction of sp³-hybridized carbons (Fsp3) is 0.440. The first-order chi connectivity index (χ1) is 16.3. The number of aryl methyl sites for hydroxylation is 3. The molecule has 1 unspecified atom stereocenters. The number of ether oxygens (including phenoxy) is 1. The Hall–Kier alpha value is -2.97. The number of hydrogen-bond acceptors (Lipinski definition) is 6. The van der Waals surface area contributed by atoms with Gasteiger partial charge in [-0.2, -0.15) is 5.10 Å². The predicted molar refractivity (Wildman–Crippen MR) is 130 cm³/mol. The van der Waals surface area contributed by atoms with Gasteiger partial charge in [0.2, 0.25) is 5.91 Å². The highest BCUT2D eigenvalue weighted by molar-refractivity contribution is 6.30. The molecule has 0 saturated carbocycles. The Morgan fingerprint density at radius 2 is 1.76 bits per heavy atom. The van der Waals surface area contributed by atoms with Crippen molar-refractivity contribution in [2.45, 2.75) is 39.7 Å². The highest BCUT2D eigenvalue weighted by Gasteiger charge is 2.32. The molecule has 1 aliphatic rings. The van der Waals surface area contributed by atoms with Gasteiger partial charge in [0.25, 0.3) is 0 Å². The van der Waals surface area contributed by atoms with Crippen molar-refractivity contribution in [3.05, 3.63) is 63.6 Å². The number of halogens is 1. The SMILES string of the molecule is COC(=O)C(c1ccc(Cl)cc1)N1CCN(C(=O)CCc2c(C)nc3cc(C)nn3c2C)CC1. The monoisotopic (exact) mass is 483 g/mol. The summed E-state index contributed by atoms with van der Waals surface area (Å²) in [6.45, 7) is 8.26. The summed E-state index contributed by atoms with van der Waals surface area (Å²) >= 11 is 6.01. The molecule has 4 rings (SSSR count). The van der Waals surface area contributed by atoms with Crippen LogP contribution in [0.25, 0.3) is 5.65 Å². The van der Waals surface area contributed by atoms with Gasteiger partial charge in [0.1, 0.15) is 6.04 Å². The standard InChI is InChI=1S/C25H30ClN5O3/c1-16-15-22-27-17(2)21(18(3)31(22)28-16)9-10-23(32)29-11-13-30(14-12-29)24(25(33)34-4)19-5-7-20(26)8-6-19/h5-8,15,24H,9-14H2,1-4H3. The molecule has 1 aliphatic heterocycles. The number of piperazine rings is 1. The van der Waals surface area contributed by atoms with Gasteiger partial charge in [0.15, 0.2) is 5.65 Å². The minimum Gasteiger partial charge on any atom is -0.468 e. The highest BCUT2D eigenvalue weighted by Crippen LogP contribution is 2.25. The van der Waals surface area contributed by atoms with Crippen molar-refractivity contribution < 1.29 is 14.3 Å². The van der Waals surface area contributed by atoms with Crippen molar-refractivity contribution in [3.63, 3.8) is 0 Å². The third-order valence-electron chi connectivity index (χ3n) is 6.52. The van der Waals surface area contributed by atoms with E-state index in [0.717, 1.165) is 33.9 Å². The van der Waals surface area contributed by atoms with Crippen LogP contribution in [0.2, 0.25) is 5.02 Å². The van der Waals surface area contributed by atoms with Gasteiger partial charge in [0, 0.05) is 55.1 Å². The van der Waals surface area contributed by atoms with Gasteiger partial charge in [-0.15, -0.1) is 0 Å². The molecule has 0 aliphatic carbocycles. The van der Waals surface area contributed by atoms with E-state index in [4.69, 9.17) is 16.3 Å². The van der Waals surface area contributed by atoms with E-state index < -0.39 is 6.04 Å². The van der Waals surface area contributed by atoms with Crippen LogP contribution in [0.4, 0.5) is 0 Å². The molecule has 9 heteroatoms. The van der Waals surface area contributed by atoms with E-state index >= 15 is 0 Å². The Morgan fingerprint density at radius 1 is 1.09 bits per heavy atom. The molecule has 0 radical (unpaired) electrons. The lowest BCUT2D eigenvalue weighted by molar-refractivity contribution is -0.148. The van der Waals surface area contributed by atoms with Gasteiger partial charge in [-0.1, -0.05) is 23.7 Å². The number of fused-ring (bicyclic) bond motifs is 1. The number of benzene rings is 1. The zero-order valence-electron chi connectivity index (χ0n) is 20.0. The maximum atomic E-state index is 13.0. The van der Waals surface area contributed by atoms with Gasteiger partial charge in [-0.3, -0.25) is 9.69 Å². The average molecular weight is 484 g/mol. The number of hydrogen-bond donors (Lipinski definition) is 0. The minimum atomic E-state index is -0.514. The Balaban J connectivity index is 1.39. The van der Waals surface area contributed by atoms with E-state index in [1.807, 2.05) is 48.4 Å². The van der Waals surface area contributed by atoms with Crippen molar-refractivity contribution >= 4 is 29.1 Å². The van der Waals surface area contributed by atoms with E-state index in [-0.39, 0.29) is 11.9 Å². The minimum absolute atomic E-state index is 0.108. The smallest absolute Gasteiger partial charge is 0.327 e. The van der Waals surface area contributed by atoms with Crippen LogP contribution in [0.5, 0.6) is 0 Å². The molecule has 8 nitrogen and oxygen atoms in total. The first kappa shape index (κ1) is 24.2. The molecule has 0 spiro atoms. The first-order valence-electron chi connectivity index (χ1n) is 11.5. The molecule has 0 N–H and O–H groups in total. The Bertz CT molecular complexity index is 1200. The molecule has 1 aromatic carbocycles. The van der Waals surface area contributed by atoms with Crippen molar-refractivity contribution in [2.24, 2.45) is 0 Å². The van der Waals surface area contributed by atoms with Crippen LogP contribution in [0, 0.1) is 20.8 Å². The molecule has 1 saturated heterocycles. The summed E-state index contributed by atoms with van der Waals surface area (Å²) in [4.78, 5) is 34.1. The van der Waals surface area contributed by atoms with Crippen molar-refractivity contribution in [1.82, 2.24) is 24.4 Å². The Labute approximate surface area is 204 Å². The van der Waals surface area contributed by atoms with E-state index in [1.165, 1.54) is 7.11 Å². The Kier molecular flexibility index (Phi) is 7.19. The fourth-order valence-corrected chi connectivity index (χ4v) is 4.80. The molecule has 0 bridgehead atoms. The highest BCUT2D eigenvalue weighted by atomic mass is 35.5. The zero-order chi connectivity index (χ0) is 24.4. The third kappa shape index (κ3) is 4.93. The van der Waals surface area contributed by atoms with Crippen molar-refractivity contribution in [2.75, 3.05) is 33.3 Å². The number of aromatic nitrogens is 3. The van der Waals surface area contributed by atoms with Crippen molar-refractivity contribution in [3.8, 4) is 0 Å². The summed E-state index contributed by atoms with van der Waals surface area (Å²) in [5, 5.41) is 5.13. The molecule has 34 heavy (non-hydrogen) atoms. The van der Waals surface area contributed by atoms with E-state index in [0.29, 0.717) is 44.0 Å². The number of rotatable bonds is 6. The normalized spacial score (nSPS) is 15.5. The lowest BCUT2D eigenvalue weighted by Crippen LogP contribution is -2.51. The number of carbonyl (C=O) groups is 2. The topological polar surface area (TPSA) is 80.0 Å².